The van der Waals surface area contributed by atoms with Gasteiger partial charge in [-0.3, -0.25) is 14.9 Å². The first kappa shape index (κ1) is 24.9. The maximum Gasteiger partial charge on any atom is 0.293 e. The van der Waals surface area contributed by atoms with E-state index < -0.39 is 15.1 Å². The van der Waals surface area contributed by atoms with Crippen molar-refractivity contribution < 1.29 is 18.1 Å². The van der Waals surface area contributed by atoms with Gasteiger partial charge in [-0.2, -0.15) is 17.0 Å². The second kappa shape index (κ2) is 10.6. The minimum absolute atomic E-state index is 0.0534. The molecule has 188 valence electrons. The van der Waals surface area contributed by atoms with Crippen molar-refractivity contribution in [3.05, 3.63) is 33.9 Å². The van der Waals surface area contributed by atoms with Crippen LogP contribution in [0, 0.1) is 16.0 Å². The van der Waals surface area contributed by atoms with E-state index in [4.69, 9.17) is 0 Å². The normalized spacial score (nSPS) is 23.5. The van der Waals surface area contributed by atoms with Crippen molar-refractivity contribution >= 4 is 27.5 Å². The molecule has 1 atom stereocenters. The average Bonchev–Trinajstić information content (AvgIpc) is 3.14. The molecule has 0 radical (unpaired) electrons. The maximum absolute atomic E-state index is 13.1. The Labute approximate surface area is 201 Å². The Morgan fingerprint density at radius 2 is 1.59 bits per heavy atom. The molecule has 0 aliphatic carbocycles. The molecule has 0 spiro atoms. The summed E-state index contributed by atoms with van der Waals surface area (Å²) in [5, 5.41) is 11.8. The number of nitro groups is 1. The number of anilines is 1. The van der Waals surface area contributed by atoms with Gasteiger partial charge < -0.3 is 9.80 Å². The summed E-state index contributed by atoms with van der Waals surface area (Å²) in [6.45, 7) is 5.78. The van der Waals surface area contributed by atoms with E-state index in [9.17, 15) is 23.3 Å². The molecular weight excluding hydrogens is 458 g/mol. The highest BCUT2D eigenvalue weighted by Gasteiger charge is 2.34. The quantitative estimate of drug-likeness (QED) is 0.461. The number of hydrogen-bond acceptors (Lipinski definition) is 6. The Kier molecular flexibility index (Phi) is 7.73. The molecule has 1 aromatic carbocycles. The molecule has 3 fully saturated rings. The van der Waals surface area contributed by atoms with Gasteiger partial charge in [-0.25, -0.2) is 0 Å². The Morgan fingerprint density at radius 3 is 2.21 bits per heavy atom. The molecule has 1 unspecified atom stereocenters. The zero-order chi connectivity index (χ0) is 24.3. The number of nitrogens with zero attached hydrogens (tertiary/aromatic N) is 5. The standard InChI is InChI=1S/C23H35N5O5S/c1-19-7-6-10-25(18-19)21-9-8-20(17-22(21)28(30)31)23(29)24-13-15-27(16-14-24)34(32,33)26-11-4-2-3-5-12-26/h8-9,17,19H,2-7,10-16,18H2,1H3. The van der Waals surface area contributed by atoms with E-state index in [0.29, 0.717) is 24.7 Å². The minimum Gasteiger partial charge on any atom is -0.366 e. The SMILES string of the molecule is CC1CCCN(c2ccc(C(=O)N3CCN(S(=O)(=O)N4CCCCCC4)CC3)cc2[N+](=O)[O-])C1. The first-order chi connectivity index (χ1) is 16.3. The number of piperazine rings is 1. The fourth-order valence-corrected chi connectivity index (χ4v) is 6.89. The highest BCUT2D eigenvalue weighted by atomic mass is 32.2. The molecule has 3 aliphatic heterocycles. The van der Waals surface area contributed by atoms with Crippen molar-refractivity contribution in [2.45, 2.75) is 45.4 Å². The number of amides is 1. The van der Waals surface area contributed by atoms with Crippen LogP contribution in [0.25, 0.3) is 0 Å². The van der Waals surface area contributed by atoms with Crippen LogP contribution in [0.1, 0.15) is 55.8 Å². The lowest BCUT2D eigenvalue weighted by Gasteiger charge is -2.36. The van der Waals surface area contributed by atoms with E-state index in [2.05, 4.69) is 6.92 Å². The topological polar surface area (TPSA) is 107 Å². The van der Waals surface area contributed by atoms with Gasteiger partial charge >= 0.3 is 0 Å². The Hall–Kier alpha value is -2.24. The monoisotopic (exact) mass is 493 g/mol. The zero-order valence-corrected chi connectivity index (χ0v) is 20.7. The fourth-order valence-electron chi connectivity index (χ4n) is 5.22. The van der Waals surface area contributed by atoms with Crippen molar-refractivity contribution in [3.8, 4) is 0 Å². The van der Waals surface area contributed by atoms with E-state index in [1.165, 1.54) is 10.4 Å². The predicted molar refractivity (Wildman–Crippen MR) is 130 cm³/mol. The van der Waals surface area contributed by atoms with Gasteiger partial charge in [-0.1, -0.05) is 19.8 Å². The molecule has 11 heteroatoms. The molecule has 4 rings (SSSR count). The van der Waals surface area contributed by atoms with Gasteiger partial charge in [-0.05, 0) is 43.7 Å². The van der Waals surface area contributed by atoms with Crippen molar-refractivity contribution in [2.75, 3.05) is 57.3 Å². The predicted octanol–water partition coefficient (Wildman–Crippen LogP) is 2.71. The van der Waals surface area contributed by atoms with E-state index in [-0.39, 0.29) is 43.3 Å². The summed E-state index contributed by atoms with van der Waals surface area (Å²) in [6, 6.07) is 4.71. The summed E-state index contributed by atoms with van der Waals surface area (Å²) in [5.41, 5.74) is 0.771. The van der Waals surface area contributed by atoms with E-state index >= 15 is 0 Å². The molecular formula is C23H35N5O5S. The highest BCUT2D eigenvalue weighted by Crippen LogP contribution is 2.33. The number of nitro benzene ring substituents is 1. The van der Waals surface area contributed by atoms with Crippen molar-refractivity contribution in [1.29, 1.82) is 0 Å². The van der Waals surface area contributed by atoms with Crippen LogP contribution in [0.3, 0.4) is 0 Å². The zero-order valence-electron chi connectivity index (χ0n) is 19.9. The third kappa shape index (κ3) is 5.36. The Balaban J connectivity index is 1.43. The number of piperidine rings is 1. The van der Waals surface area contributed by atoms with E-state index in [1.807, 2.05) is 4.90 Å². The lowest BCUT2D eigenvalue weighted by Crippen LogP contribution is -2.54. The molecule has 1 aromatic rings. The third-order valence-electron chi connectivity index (χ3n) is 7.16. The van der Waals surface area contributed by atoms with E-state index in [1.54, 1.807) is 21.3 Å². The maximum atomic E-state index is 13.1. The fraction of sp³-hybridized carbons (Fsp3) is 0.696. The summed E-state index contributed by atoms with van der Waals surface area (Å²) in [7, 11) is -3.53. The van der Waals surface area contributed by atoms with Crippen molar-refractivity contribution in [1.82, 2.24) is 13.5 Å². The van der Waals surface area contributed by atoms with Crippen LogP contribution in [-0.4, -0.2) is 85.1 Å². The Bertz CT molecular complexity index is 1000. The summed E-state index contributed by atoms with van der Waals surface area (Å²) in [6.07, 6.45) is 5.96. The van der Waals surface area contributed by atoms with Gasteiger partial charge in [0.2, 0.25) is 0 Å². The van der Waals surface area contributed by atoms with Crippen LogP contribution in [0.2, 0.25) is 0 Å². The molecule has 10 nitrogen and oxygen atoms in total. The number of benzene rings is 1. The van der Waals surface area contributed by atoms with Crippen LogP contribution in [0.4, 0.5) is 11.4 Å². The summed E-state index contributed by atoms with van der Waals surface area (Å²) in [5.74, 6) is 0.171. The third-order valence-corrected chi connectivity index (χ3v) is 9.20. The summed E-state index contributed by atoms with van der Waals surface area (Å²) >= 11 is 0. The number of carbonyl (C=O) groups excluding carboxylic acids is 1. The van der Waals surface area contributed by atoms with Crippen molar-refractivity contribution in [3.63, 3.8) is 0 Å². The largest absolute Gasteiger partial charge is 0.366 e. The average molecular weight is 494 g/mol. The second-order valence-electron chi connectivity index (χ2n) is 9.67. The van der Waals surface area contributed by atoms with Crippen LogP contribution < -0.4 is 4.90 Å². The highest BCUT2D eigenvalue weighted by molar-refractivity contribution is 7.86. The van der Waals surface area contributed by atoms with Crippen LogP contribution in [0.15, 0.2) is 18.2 Å². The number of rotatable bonds is 5. The first-order valence-electron chi connectivity index (χ1n) is 12.4. The molecule has 0 saturated carbocycles. The molecule has 34 heavy (non-hydrogen) atoms. The smallest absolute Gasteiger partial charge is 0.293 e. The minimum atomic E-state index is -3.53. The molecule has 0 bridgehead atoms. The summed E-state index contributed by atoms with van der Waals surface area (Å²) < 4.78 is 29.1. The molecule has 0 N–H and O–H groups in total. The lowest BCUT2D eigenvalue weighted by molar-refractivity contribution is -0.384. The van der Waals surface area contributed by atoms with E-state index in [0.717, 1.165) is 51.6 Å². The van der Waals surface area contributed by atoms with Crippen LogP contribution in [-0.2, 0) is 10.2 Å². The van der Waals surface area contributed by atoms with Gasteiger partial charge in [-0.15, -0.1) is 0 Å². The first-order valence-corrected chi connectivity index (χ1v) is 13.7. The molecule has 3 heterocycles. The summed E-state index contributed by atoms with van der Waals surface area (Å²) in [4.78, 5) is 28.1. The van der Waals surface area contributed by atoms with Gasteiger partial charge in [0.1, 0.15) is 5.69 Å². The molecule has 3 aliphatic rings. The van der Waals surface area contributed by atoms with Gasteiger partial charge in [0.05, 0.1) is 4.92 Å². The van der Waals surface area contributed by atoms with Gasteiger partial charge in [0.25, 0.3) is 21.8 Å². The van der Waals surface area contributed by atoms with Crippen LogP contribution >= 0.6 is 0 Å². The van der Waals surface area contributed by atoms with Crippen LogP contribution in [0.5, 0.6) is 0 Å². The second-order valence-corrected chi connectivity index (χ2v) is 11.6. The molecule has 3 saturated heterocycles. The lowest BCUT2D eigenvalue weighted by atomic mass is 9.99. The Morgan fingerprint density at radius 1 is 0.941 bits per heavy atom. The molecule has 0 aromatic heterocycles. The van der Waals surface area contributed by atoms with Gasteiger partial charge in [0, 0.05) is 64.0 Å². The van der Waals surface area contributed by atoms with Crippen molar-refractivity contribution in [2.24, 2.45) is 5.92 Å². The molecule has 1 amide bonds. The number of hydrogen-bond donors (Lipinski definition) is 0. The number of carbonyl (C=O) groups is 1. The van der Waals surface area contributed by atoms with Gasteiger partial charge in [0.15, 0.2) is 0 Å².